The Hall–Kier alpha value is -1.57. The first-order chi connectivity index (χ1) is 7.56. The van der Waals surface area contributed by atoms with Crippen LogP contribution in [-0.4, -0.2) is 9.55 Å². The monoisotopic (exact) mass is 214 g/mol. The highest BCUT2D eigenvalue weighted by molar-refractivity contribution is 5.55. The molecule has 0 saturated heterocycles. The predicted molar refractivity (Wildman–Crippen MR) is 67.1 cm³/mol. The fourth-order valence-electron chi connectivity index (χ4n) is 1.80. The van der Waals surface area contributed by atoms with Crippen molar-refractivity contribution in [3.8, 4) is 11.4 Å². The lowest BCUT2D eigenvalue weighted by Crippen LogP contribution is -2.15. The Bertz CT molecular complexity index is 449. The van der Waals surface area contributed by atoms with Crippen LogP contribution in [0.4, 0.5) is 0 Å². The fourth-order valence-corrected chi connectivity index (χ4v) is 1.80. The molecule has 0 spiro atoms. The third kappa shape index (κ3) is 2.51. The van der Waals surface area contributed by atoms with E-state index in [1.54, 1.807) is 0 Å². The lowest BCUT2D eigenvalue weighted by atomic mass is 9.97. The molecular weight excluding hydrogens is 196 g/mol. The van der Waals surface area contributed by atoms with Gasteiger partial charge >= 0.3 is 0 Å². The molecule has 1 aromatic heterocycles. The summed E-state index contributed by atoms with van der Waals surface area (Å²) < 4.78 is 2.22. The number of benzene rings is 1. The standard InChI is InChI=1S/C14H18N2/c1-14(2,3)11-16-10-9-15-13(16)12-7-5-4-6-8-12/h4-10H,11H2,1-3H3. The van der Waals surface area contributed by atoms with E-state index in [4.69, 9.17) is 0 Å². The molecule has 0 unspecified atom stereocenters. The van der Waals surface area contributed by atoms with E-state index < -0.39 is 0 Å². The van der Waals surface area contributed by atoms with E-state index in [1.165, 1.54) is 5.56 Å². The van der Waals surface area contributed by atoms with E-state index in [1.807, 2.05) is 30.6 Å². The summed E-state index contributed by atoms with van der Waals surface area (Å²) in [5, 5.41) is 0. The second-order valence-corrected chi connectivity index (χ2v) is 5.31. The van der Waals surface area contributed by atoms with Crippen molar-refractivity contribution in [3.63, 3.8) is 0 Å². The summed E-state index contributed by atoms with van der Waals surface area (Å²) in [5.41, 5.74) is 1.45. The molecule has 0 amide bonds. The van der Waals surface area contributed by atoms with Crippen molar-refractivity contribution in [2.45, 2.75) is 27.3 Å². The molecule has 0 aliphatic carbocycles. The van der Waals surface area contributed by atoms with Gasteiger partial charge in [-0.05, 0) is 5.41 Å². The molecule has 1 heterocycles. The summed E-state index contributed by atoms with van der Waals surface area (Å²) in [5.74, 6) is 1.05. The Morgan fingerprint density at radius 2 is 1.81 bits per heavy atom. The average molecular weight is 214 g/mol. The van der Waals surface area contributed by atoms with Gasteiger partial charge in [0.05, 0.1) is 0 Å². The number of nitrogens with zero attached hydrogens (tertiary/aromatic N) is 2. The number of aromatic nitrogens is 2. The maximum Gasteiger partial charge on any atom is 0.139 e. The van der Waals surface area contributed by atoms with E-state index >= 15 is 0 Å². The Labute approximate surface area is 97.0 Å². The highest BCUT2D eigenvalue weighted by atomic mass is 15.1. The molecule has 0 radical (unpaired) electrons. The van der Waals surface area contributed by atoms with Gasteiger partial charge in [-0.3, -0.25) is 0 Å². The van der Waals surface area contributed by atoms with E-state index in [0.29, 0.717) is 0 Å². The summed E-state index contributed by atoms with van der Waals surface area (Å²) in [6.07, 6.45) is 3.92. The van der Waals surface area contributed by atoms with Gasteiger partial charge in [-0.15, -0.1) is 0 Å². The summed E-state index contributed by atoms with van der Waals surface area (Å²) in [4.78, 5) is 4.43. The van der Waals surface area contributed by atoms with E-state index in [2.05, 4.69) is 42.5 Å². The van der Waals surface area contributed by atoms with Crippen molar-refractivity contribution in [3.05, 3.63) is 42.7 Å². The fraction of sp³-hybridized carbons (Fsp3) is 0.357. The van der Waals surface area contributed by atoms with E-state index in [-0.39, 0.29) is 5.41 Å². The molecule has 84 valence electrons. The van der Waals surface area contributed by atoms with Gasteiger partial charge in [0, 0.05) is 24.5 Å². The van der Waals surface area contributed by atoms with Gasteiger partial charge in [-0.1, -0.05) is 51.1 Å². The minimum Gasteiger partial charge on any atom is -0.330 e. The molecular formula is C14H18N2. The molecule has 2 aromatic rings. The summed E-state index contributed by atoms with van der Waals surface area (Å²) >= 11 is 0. The Morgan fingerprint density at radius 3 is 2.44 bits per heavy atom. The zero-order chi connectivity index (χ0) is 11.6. The van der Waals surface area contributed by atoms with Gasteiger partial charge < -0.3 is 4.57 Å². The first kappa shape index (κ1) is 10.9. The normalized spacial score (nSPS) is 11.7. The Balaban J connectivity index is 2.33. The first-order valence-electron chi connectivity index (χ1n) is 5.63. The zero-order valence-electron chi connectivity index (χ0n) is 10.1. The van der Waals surface area contributed by atoms with Crippen LogP contribution in [0, 0.1) is 5.41 Å². The van der Waals surface area contributed by atoms with Gasteiger partial charge in [0.2, 0.25) is 0 Å². The van der Waals surface area contributed by atoms with Gasteiger partial charge in [-0.2, -0.15) is 0 Å². The molecule has 0 saturated carbocycles. The van der Waals surface area contributed by atoms with Crippen LogP contribution in [0.2, 0.25) is 0 Å². The molecule has 0 N–H and O–H groups in total. The molecule has 16 heavy (non-hydrogen) atoms. The van der Waals surface area contributed by atoms with Crippen molar-refractivity contribution in [1.82, 2.24) is 9.55 Å². The van der Waals surface area contributed by atoms with Gasteiger partial charge in [-0.25, -0.2) is 4.98 Å². The van der Waals surface area contributed by atoms with Crippen molar-refractivity contribution in [2.75, 3.05) is 0 Å². The maximum absolute atomic E-state index is 4.43. The van der Waals surface area contributed by atoms with Gasteiger partial charge in [0.15, 0.2) is 0 Å². The maximum atomic E-state index is 4.43. The van der Waals surface area contributed by atoms with E-state index in [0.717, 1.165) is 12.4 Å². The molecule has 0 atom stereocenters. The second-order valence-electron chi connectivity index (χ2n) is 5.31. The number of hydrogen-bond donors (Lipinski definition) is 0. The van der Waals surface area contributed by atoms with Crippen LogP contribution in [0.15, 0.2) is 42.7 Å². The SMILES string of the molecule is CC(C)(C)Cn1ccnc1-c1ccccc1. The van der Waals surface area contributed by atoms with Crippen LogP contribution in [-0.2, 0) is 6.54 Å². The molecule has 2 heteroatoms. The Kier molecular flexibility index (Phi) is 2.82. The van der Waals surface area contributed by atoms with Gasteiger partial charge in [0.25, 0.3) is 0 Å². The minimum atomic E-state index is 0.268. The van der Waals surface area contributed by atoms with Crippen LogP contribution >= 0.6 is 0 Å². The smallest absolute Gasteiger partial charge is 0.139 e. The average Bonchev–Trinajstić information content (AvgIpc) is 2.64. The second kappa shape index (κ2) is 4.12. The number of hydrogen-bond acceptors (Lipinski definition) is 1. The van der Waals surface area contributed by atoms with Crippen molar-refractivity contribution in [2.24, 2.45) is 5.41 Å². The quantitative estimate of drug-likeness (QED) is 0.747. The minimum absolute atomic E-state index is 0.268. The van der Waals surface area contributed by atoms with Gasteiger partial charge in [0.1, 0.15) is 5.82 Å². The van der Waals surface area contributed by atoms with Crippen LogP contribution < -0.4 is 0 Å². The zero-order valence-corrected chi connectivity index (χ0v) is 10.1. The molecule has 2 rings (SSSR count). The summed E-state index contributed by atoms with van der Waals surface area (Å²) in [7, 11) is 0. The number of rotatable bonds is 2. The molecule has 0 aliphatic heterocycles. The molecule has 0 bridgehead atoms. The third-order valence-electron chi connectivity index (χ3n) is 2.39. The molecule has 0 fully saturated rings. The molecule has 1 aromatic carbocycles. The van der Waals surface area contributed by atoms with Crippen LogP contribution in [0.5, 0.6) is 0 Å². The lowest BCUT2D eigenvalue weighted by Gasteiger charge is -2.20. The first-order valence-corrected chi connectivity index (χ1v) is 5.63. The van der Waals surface area contributed by atoms with Crippen LogP contribution in [0.25, 0.3) is 11.4 Å². The van der Waals surface area contributed by atoms with E-state index in [9.17, 15) is 0 Å². The summed E-state index contributed by atoms with van der Waals surface area (Å²) in [6, 6.07) is 10.3. The van der Waals surface area contributed by atoms with Crippen LogP contribution in [0.3, 0.4) is 0 Å². The Morgan fingerprint density at radius 1 is 1.12 bits per heavy atom. The largest absolute Gasteiger partial charge is 0.330 e. The van der Waals surface area contributed by atoms with Crippen molar-refractivity contribution >= 4 is 0 Å². The van der Waals surface area contributed by atoms with Crippen molar-refractivity contribution < 1.29 is 0 Å². The molecule has 2 nitrogen and oxygen atoms in total. The topological polar surface area (TPSA) is 17.8 Å². The molecule has 0 aliphatic rings. The third-order valence-corrected chi connectivity index (χ3v) is 2.39. The highest BCUT2D eigenvalue weighted by Crippen LogP contribution is 2.22. The highest BCUT2D eigenvalue weighted by Gasteiger charge is 2.14. The van der Waals surface area contributed by atoms with Crippen molar-refractivity contribution in [1.29, 1.82) is 0 Å². The predicted octanol–water partition coefficient (Wildman–Crippen LogP) is 3.60. The van der Waals surface area contributed by atoms with Crippen LogP contribution in [0.1, 0.15) is 20.8 Å². The number of imidazole rings is 1. The summed E-state index contributed by atoms with van der Waals surface area (Å²) in [6.45, 7) is 7.70. The lowest BCUT2D eigenvalue weighted by molar-refractivity contribution is 0.345.